The van der Waals surface area contributed by atoms with Gasteiger partial charge in [0.15, 0.2) is 0 Å². The zero-order chi connectivity index (χ0) is 11.4. The van der Waals surface area contributed by atoms with Gasteiger partial charge >= 0.3 is 0 Å². The molecule has 3 nitrogen and oxygen atoms in total. The number of aromatic nitrogens is 1. The molecule has 0 saturated heterocycles. The molecule has 84 valence electrons. The highest BCUT2D eigenvalue weighted by molar-refractivity contribution is 9.10. The van der Waals surface area contributed by atoms with E-state index in [2.05, 4.69) is 43.0 Å². The average molecular weight is 298 g/mol. The molecule has 5 heteroatoms. The first-order chi connectivity index (χ1) is 7.78. The summed E-state index contributed by atoms with van der Waals surface area (Å²) in [6.45, 7) is 0.837. The number of rotatable bonds is 4. The molecule has 0 amide bonds. The van der Waals surface area contributed by atoms with Gasteiger partial charge in [-0.15, -0.1) is 11.3 Å². The standard InChI is InChI=1S/C11H12BrN3S/c1-13-11-5-9(2-3-14-11)15-6-10-4-8(12)7-16-10/h2-5,7H,6H2,1H3,(H2,13,14,15). The summed E-state index contributed by atoms with van der Waals surface area (Å²) in [7, 11) is 1.86. The van der Waals surface area contributed by atoms with Crippen molar-refractivity contribution in [3.8, 4) is 0 Å². The van der Waals surface area contributed by atoms with E-state index in [1.54, 1.807) is 17.5 Å². The molecule has 0 aromatic carbocycles. The second kappa shape index (κ2) is 5.32. The van der Waals surface area contributed by atoms with Crippen LogP contribution in [0.1, 0.15) is 4.88 Å². The van der Waals surface area contributed by atoms with Crippen LogP contribution in [0.5, 0.6) is 0 Å². The van der Waals surface area contributed by atoms with E-state index in [0.717, 1.165) is 22.5 Å². The van der Waals surface area contributed by atoms with Crippen molar-refractivity contribution in [3.05, 3.63) is 39.1 Å². The summed E-state index contributed by atoms with van der Waals surface area (Å²) in [4.78, 5) is 5.46. The summed E-state index contributed by atoms with van der Waals surface area (Å²) in [5.41, 5.74) is 1.07. The van der Waals surface area contributed by atoms with Crippen LogP contribution in [0.3, 0.4) is 0 Å². The van der Waals surface area contributed by atoms with Crippen molar-refractivity contribution in [1.82, 2.24) is 4.98 Å². The van der Waals surface area contributed by atoms with Gasteiger partial charge in [0.2, 0.25) is 0 Å². The van der Waals surface area contributed by atoms with Crippen LogP contribution in [0, 0.1) is 0 Å². The van der Waals surface area contributed by atoms with Crippen molar-refractivity contribution in [2.24, 2.45) is 0 Å². The zero-order valence-electron chi connectivity index (χ0n) is 8.83. The minimum Gasteiger partial charge on any atom is -0.380 e. The third kappa shape index (κ3) is 2.96. The molecule has 16 heavy (non-hydrogen) atoms. The minimum absolute atomic E-state index is 0.837. The topological polar surface area (TPSA) is 37.0 Å². The van der Waals surface area contributed by atoms with Gasteiger partial charge in [0.05, 0.1) is 0 Å². The number of nitrogens with one attached hydrogen (secondary N) is 2. The first kappa shape index (κ1) is 11.4. The molecule has 0 bridgehead atoms. The molecule has 0 saturated carbocycles. The molecule has 0 aliphatic heterocycles. The number of hydrogen-bond donors (Lipinski definition) is 2. The molecule has 0 fully saturated rings. The van der Waals surface area contributed by atoms with Gasteiger partial charge in [0, 0.05) is 46.3 Å². The lowest BCUT2D eigenvalue weighted by Gasteiger charge is -2.06. The Labute approximate surface area is 107 Å². The lowest BCUT2D eigenvalue weighted by Crippen LogP contribution is -1.99. The first-order valence-electron chi connectivity index (χ1n) is 4.88. The second-order valence-electron chi connectivity index (χ2n) is 3.26. The molecule has 0 aliphatic rings. The van der Waals surface area contributed by atoms with Crippen molar-refractivity contribution in [3.63, 3.8) is 0 Å². The maximum absolute atomic E-state index is 4.16. The summed E-state index contributed by atoms with van der Waals surface area (Å²) >= 11 is 5.18. The molecule has 0 atom stereocenters. The van der Waals surface area contributed by atoms with Crippen molar-refractivity contribution >= 4 is 38.8 Å². The Morgan fingerprint density at radius 3 is 3.00 bits per heavy atom. The van der Waals surface area contributed by atoms with Crippen molar-refractivity contribution in [1.29, 1.82) is 0 Å². The molecular weight excluding hydrogens is 286 g/mol. The minimum atomic E-state index is 0.837. The van der Waals surface area contributed by atoms with Crippen LogP contribution in [0.15, 0.2) is 34.2 Å². The van der Waals surface area contributed by atoms with E-state index >= 15 is 0 Å². The second-order valence-corrected chi connectivity index (χ2v) is 5.18. The molecule has 0 radical (unpaired) electrons. The predicted octanol–water partition coefficient (Wildman–Crippen LogP) is 3.56. The lowest BCUT2D eigenvalue weighted by atomic mass is 10.3. The third-order valence-corrected chi connectivity index (χ3v) is 3.80. The fourth-order valence-electron chi connectivity index (χ4n) is 1.31. The number of anilines is 2. The van der Waals surface area contributed by atoms with E-state index in [9.17, 15) is 0 Å². The Balaban J connectivity index is 1.99. The zero-order valence-corrected chi connectivity index (χ0v) is 11.2. The van der Waals surface area contributed by atoms with Crippen LogP contribution in [-0.2, 0) is 6.54 Å². The molecule has 2 N–H and O–H groups in total. The van der Waals surface area contributed by atoms with Crippen LogP contribution < -0.4 is 10.6 Å². The molecule has 2 heterocycles. The smallest absolute Gasteiger partial charge is 0.127 e. The molecular formula is C11H12BrN3S. The highest BCUT2D eigenvalue weighted by Crippen LogP contribution is 2.21. The highest BCUT2D eigenvalue weighted by Gasteiger charge is 1.98. The van der Waals surface area contributed by atoms with E-state index in [0.29, 0.717) is 0 Å². The highest BCUT2D eigenvalue weighted by atomic mass is 79.9. The van der Waals surface area contributed by atoms with Gasteiger partial charge in [0.25, 0.3) is 0 Å². The van der Waals surface area contributed by atoms with Crippen LogP contribution in [-0.4, -0.2) is 12.0 Å². The van der Waals surface area contributed by atoms with E-state index in [-0.39, 0.29) is 0 Å². The number of pyridine rings is 1. The van der Waals surface area contributed by atoms with E-state index in [4.69, 9.17) is 0 Å². The molecule has 0 unspecified atom stereocenters. The Kier molecular flexibility index (Phi) is 3.79. The van der Waals surface area contributed by atoms with Gasteiger partial charge in [-0.2, -0.15) is 0 Å². The van der Waals surface area contributed by atoms with Crippen LogP contribution >= 0.6 is 27.3 Å². The van der Waals surface area contributed by atoms with Gasteiger partial charge < -0.3 is 10.6 Å². The van der Waals surface area contributed by atoms with E-state index in [1.807, 2.05) is 19.2 Å². The SMILES string of the molecule is CNc1cc(NCc2cc(Br)cs2)ccn1. The Hall–Kier alpha value is -1.07. The summed E-state index contributed by atoms with van der Waals surface area (Å²) in [6, 6.07) is 6.07. The van der Waals surface area contributed by atoms with Gasteiger partial charge in [-0.3, -0.25) is 0 Å². The molecule has 2 rings (SSSR count). The lowest BCUT2D eigenvalue weighted by molar-refractivity contribution is 1.18. The molecule has 0 spiro atoms. The Morgan fingerprint density at radius 1 is 1.44 bits per heavy atom. The fraction of sp³-hybridized carbons (Fsp3) is 0.182. The van der Waals surface area contributed by atoms with Gasteiger partial charge in [-0.25, -0.2) is 4.98 Å². The Bertz CT molecular complexity index is 470. The molecule has 2 aromatic rings. The molecule has 2 aromatic heterocycles. The summed E-state index contributed by atoms with van der Waals surface area (Å²) in [5.74, 6) is 0.873. The Morgan fingerprint density at radius 2 is 2.31 bits per heavy atom. The van der Waals surface area contributed by atoms with Gasteiger partial charge in [-0.1, -0.05) is 0 Å². The maximum Gasteiger partial charge on any atom is 0.127 e. The third-order valence-electron chi connectivity index (χ3n) is 2.10. The first-order valence-corrected chi connectivity index (χ1v) is 6.56. The van der Waals surface area contributed by atoms with Crippen molar-refractivity contribution < 1.29 is 0 Å². The van der Waals surface area contributed by atoms with Crippen LogP contribution in [0.2, 0.25) is 0 Å². The largest absolute Gasteiger partial charge is 0.380 e. The van der Waals surface area contributed by atoms with E-state index < -0.39 is 0 Å². The number of nitrogens with zero attached hydrogens (tertiary/aromatic N) is 1. The normalized spacial score (nSPS) is 10.1. The van der Waals surface area contributed by atoms with Crippen LogP contribution in [0.4, 0.5) is 11.5 Å². The maximum atomic E-state index is 4.16. The number of thiophene rings is 1. The summed E-state index contributed by atoms with van der Waals surface area (Å²) in [5, 5.41) is 8.46. The fourth-order valence-corrected chi connectivity index (χ4v) is 2.70. The van der Waals surface area contributed by atoms with Gasteiger partial charge in [0.1, 0.15) is 5.82 Å². The van der Waals surface area contributed by atoms with Crippen molar-refractivity contribution in [2.75, 3.05) is 17.7 Å². The number of halogens is 1. The van der Waals surface area contributed by atoms with Crippen LogP contribution in [0.25, 0.3) is 0 Å². The van der Waals surface area contributed by atoms with Crippen molar-refractivity contribution in [2.45, 2.75) is 6.54 Å². The summed E-state index contributed by atoms with van der Waals surface area (Å²) in [6.07, 6.45) is 1.79. The van der Waals surface area contributed by atoms with E-state index in [1.165, 1.54) is 4.88 Å². The monoisotopic (exact) mass is 297 g/mol. The van der Waals surface area contributed by atoms with Gasteiger partial charge in [-0.05, 0) is 28.1 Å². The summed E-state index contributed by atoms with van der Waals surface area (Å²) < 4.78 is 1.14. The number of hydrogen-bond acceptors (Lipinski definition) is 4. The quantitative estimate of drug-likeness (QED) is 0.906. The molecule has 0 aliphatic carbocycles. The average Bonchev–Trinajstić information content (AvgIpc) is 2.73. The predicted molar refractivity (Wildman–Crippen MR) is 73.1 cm³/mol.